The molecule has 2 saturated heterocycles. The number of likely N-dealkylation sites (N-methyl/N-ethyl adjacent to an activating group) is 1. The molecule has 2 heterocycles. The van der Waals surface area contributed by atoms with Crippen LogP contribution in [-0.4, -0.2) is 74.4 Å². The highest BCUT2D eigenvalue weighted by Crippen LogP contribution is 2.18. The number of rotatable bonds is 5. The van der Waals surface area contributed by atoms with Crippen LogP contribution in [0.3, 0.4) is 0 Å². The number of amides is 1. The number of hydrogen-bond acceptors (Lipinski definition) is 5. The zero-order chi connectivity index (χ0) is 14.8. The van der Waals surface area contributed by atoms with Gasteiger partial charge in [-0.05, 0) is 19.5 Å². The van der Waals surface area contributed by atoms with Crippen molar-refractivity contribution in [3.05, 3.63) is 0 Å². The topological polar surface area (TPSA) is 78.5 Å². The Morgan fingerprint density at radius 2 is 2.20 bits per heavy atom. The molecule has 0 aromatic carbocycles. The molecule has 116 valence electrons. The zero-order valence-corrected chi connectivity index (χ0v) is 13.2. The number of carbonyl (C=O) groups excluding carboxylic acids is 1. The molecule has 0 saturated carbocycles. The lowest BCUT2D eigenvalue weighted by molar-refractivity contribution is -0.123. The molecule has 20 heavy (non-hydrogen) atoms. The molecule has 0 aliphatic carbocycles. The first-order valence-corrected chi connectivity index (χ1v) is 9.25. The summed E-state index contributed by atoms with van der Waals surface area (Å²) >= 11 is 5.99. The Kier molecular flexibility index (Phi) is 5.28. The summed E-state index contributed by atoms with van der Waals surface area (Å²) in [6.07, 6.45) is 1.04. The molecular weight excluding hydrogens is 302 g/mol. The summed E-state index contributed by atoms with van der Waals surface area (Å²) in [5.41, 5.74) is 0. The molecule has 2 aliphatic heterocycles. The smallest absolute Gasteiger partial charge is 0.234 e. The van der Waals surface area contributed by atoms with Crippen LogP contribution in [0.2, 0.25) is 0 Å². The summed E-state index contributed by atoms with van der Waals surface area (Å²) in [5, 5.41) is 5.52. The fraction of sp³-hybridized carbons (Fsp3) is 0.917. The molecular formula is C12H22ClN3O3S. The van der Waals surface area contributed by atoms with Crippen molar-refractivity contribution < 1.29 is 13.2 Å². The van der Waals surface area contributed by atoms with Gasteiger partial charge in [0.2, 0.25) is 5.91 Å². The Morgan fingerprint density at radius 3 is 2.70 bits per heavy atom. The zero-order valence-electron chi connectivity index (χ0n) is 11.6. The number of nitrogens with zero attached hydrogens (tertiary/aromatic N) is 1. The van der Waals surface area contributed by atoms with E-state index in [0.29, 0.717) is 12.6 Å². The second-order valence-electron chi connectivity index (χ2n) is 5.48. The third kappa shape index (κ3) is 4.07. The van der Waals surface area contributed by atoms with Gasteiger partial charge in [0, 0.05) is 12.6 Å². The molecule has 2 rings (SSSR count). The molecule has 2 N–H and O–H groups in total. The summed E-state index contributed by atoms with van der Waals surface area (Å²) in [4.78, 5) is 14.2. The molecule has 0 aromatic heterocycles. The number of sulfone groups is 1. The van der Waals surface area contributed by atoms with Gasteiger partial charge >= 0.3 is 0 Å². The number of nitrogens with one attached hydrogen (secondary N) is 2. The second-order valence-corrected chi connectivity index (χ2v) is 8.19. The van der Waals surface area contributed by atoms with Gasteiger partial charge in [-0.2, -0.15) is 0 Å². The van der Waals surface area contributed by atoms with E-state index >= 15 is 0 Å². The summed E-state index contributed by atoms with van der Waals surface area (Å²) in [5.74, 6) is -0.250. The average Bonchev–Trinajstić information content (AvgIpc) is 2.95. The van der Waals surface area contributed by atoms with Gasteiger partial charge in [-0.25, -0.2) is 8.42 Å². The normalized spacial score (nSPS) is 32.6. The van der Waals surface area contributed by atoms with Crippen LogP contribution >= 0.6 is 11.6 Å². The maximum Gasteiger partial charge on any atom is 0.234 e. The lowest BCUT2D eigenvalue weighted by Gasteiger charge is -2.27. The molecule has 1 amide bonds. The quantitative estimate of drug-likeness (QED) is 0.647. The van der Waals surface area contributed by atoms with E-state index in [4.69, 9.17) is 11.6 Å². The highest BCUT2D eigenvalue weighted by molar-refractivity contribution is 7.91. The van der Waals surface area contributed by atoms with Crippen molar-refractivity contribution in [1.29, 1.82) is 0 Å². The van der Waals surface area contributed by atoms with Crippen molar-refractivity contribution in [2.45, 2.75) is 30.8 Å². The molecule has 3 unspecified atom stereocenters. The highest BCUT2D eigenvalue weighted by atomic mass is 35.5. The van der Waals surface area contributed by atoms with Gasteiger partial charge in [-0.15, -0.1) is 11.6 Å². The molecule has 0 spiro atoms. The maximum absolute atomic E-state index is 12.1. The highest BCUT2D eigenvalue weighted by Gasteiger charge is 2.37. The van der Waals surface area contributed by atoms with E-state index in [2.05, 4.69) is 15.5 Å². The van der Waals surface area contributed by atoms with E-state index in [0.717, 1.165) is 26.1 Å². The van der Waals surface area contributed by atoms with Crippen LogP contribution in [0.15, 0.2) is 0 Å². The number of alkyl halides is 1. The van der Waals surface area contributed by atoms with Crippen molar-refractivity contribution in [1.82, 2.24) is 15.5 Å². The van der Waals surface area contributed by atoms with Crippen LogP contribution in [0.1, 0.15) is 13.3 Å². The molecule has 2 aliphatic rings. The van der Waals surface area contributed by atoms with Crippen LogP contribution in [0.25, 0.3) is 0 Å². The minimum atomic E-state index is -3.11. The SMILES string of the molecule is CCN(CC(=O)NC1CS(=O)(=O)CC1Cl)C1CCNC1. The van der Waals surface area contributed by atoms with Crippen LogP contribution in [0, 0.1) is 0 Å². The van der Waals surface area contributed by atoms with Crippen LogP contribution in [-0.2, 0) is 14.6 Å². The second kappa shape index (κ2) is 6.60. The predicted molar refractivity (Wildman–Crippen MR) is 78.7 cm³/mol. The van der Waals surface area contributed by atoms with E-state index in [9.17, 15) is 13.2 Å². The summed E-state index contributed by atoms with van der Waals surface area (Å²) in [6, 6.07) is -0.0839. The first-order valence-electron chi connectivity index (χ1n) is 7.00. The first-order chi connectivity index (χ1) is 9.41. The van der Waals surface area contributed by atoms with E-state index in [1.807, 2.05) is 6.92 Å². The van der Waals surface area contributed by atoms with Crippen molar-refractivity contribution >= 4 is 27.3 Å². The Hall–Kier alpha value is -0.370. The Bertz CT molecular complexity index is 451. The predicted octanol–water partition coefficient (Wildman–Crippen LogP) is -0.809. The van der Waals surface area contributed by atoms with Gasteiger partial charge in [0.25, 0.3) is 0 Å². The van der Waals surface area contributed by atoms with Crippen LogP contribution < -0.4 is 10.6 Å². The Labute approximate surface area is 125 Å². The van der Waals surface area contributed by atoms with Gasteiger partial charge in [-0.1, -0.05) is 6.92 Å². The van der Waals surface area contributed by atoms with Gasteiger partial charge in [0.15, 0.2) is 9.84 Å². The number of carbonyl (C=O) groups is 1. The monoisotopic (exact) mass is 323 g/mol. The van der Waals surface area contributed by atoms with Gasteiger partial charge in [0.1, 0.15) is 0 Å². The van der Waals surface area contributed by atoms with Crippen molar-refractivity contribution in [3.8, 4) is 0 Å². The first kappa shape index (κ1) is 16.0. The standard InChI is InChI=1S/C12H22ClN3O3S/c1-2-16(9-3-4-14-5-9)6-12(17)15-11-8-20(18,19)7-10(11)13/h9-11,14H,2-8H2,1H3,(H,15,17). The molecule has 2 fully saturated rings. The van der Waals surface area contributed by atoms with E-state index in [1.165, 1.54) is 0 Å². The third-order valence-electron chi connectivity index (χ3n) is 3.93. The van der Waals surface area contributed by atoms with Gasteiger partial charge < -0.3 is 10.6 Å². The minimum absolute atomic E-state index is 0.0516. The third-order valence-corrected chi connectivity index (χ3v) is 6.31. The molecule has 0 bridgehead atoms. The summed E-state index contributed by atoms with van der Waals surface area (Å²) < 4.78 is 22.9. The fourth-order valence-corrected chi connectivity index (χ4v) is 5.37. The number of halogens is 1. The minimum Gasteiger partial charge on any atom is -0.350 e. The molecule has 3 atom stereocenters. The number of hydrogen-bond donors (Lipinski definition) is 2. The van der Waals surface area contributed by atoms with Crippen molar-refractivity contribution in [2.24, 2.45) is 0 Å². The summed E-state index contributed by atoms with van der Waals surface area (Å²) in [7, 11) is -3.11. The molecule has 0 radical (unpaired) electrons. The molecule has 8 heteroatoms. The maximum atomic E-state index is 12.1. The Morgan fingerprint density at radius 1 is 1.45 bits per heavy atom. The van der Waals surface area contributed by atoms with E-state index < -0.39 is 21.3 Å². The molecule has 6 nitrogen and oxygen atoms in total. The fourth-order valence-electron chi connectivity index (χ4n) is 2.82. The average molecular weight is 324 g/mol. The van der Waals surface area contributed by atoms with Gasteiger partial charge in [-0.3, -0.25) is 9.69 Å². The van der Waals surface area contributed by atoms with Crippen molar-refractivity contribution in [2.75, 3.05) is 37.7 Å². The van der Waals surface area contributed by atoms with Crippen LogP contribution in [0.5, 0.6) is 0 Å². The Balaban J connectivity index is 1.85. The van der Waals surface area contributed by atoms with E-state index in [1.54, 1.807) is 0 Å². The van der Waals surface area contributed by atoms with Crippen LogP contribution in [0.4, 0.5) is 0 Å². The van der Waals surface area contributed by atoms with E-state index in [-0.39, 0.29) is 17.4 Å². The summed E-state index contributed by atoms with van der Waals surface area (Å²) in [6.45, 7) is 5.00. The van der Waals surface area contributed by atoms with Gasteiger partial charge in [0.05, 0.1) is 29.5 Å². The molecule has 0 aromatic rings. The van der Waals surface area contributed by atoms with Crippen molar-refractivity contribution in [3.63, 3.8) is 0 Å². The lowest BCUT2D eigenvalue weighted by atomic mass is 10.2. The largest absolute Gasteiger partial charge is 0.350 e. The lowest BCUT2D eigenvalue weighted by Crippen LogP contribution is -2.48.